The quantitative estimate of drug-likeness (QED) is 0.416. The van der Waals surface area contributed by atoms with E-state index >= 15 is 0 Å². The molecule has 0 radical (unpaired) electrons. The molecular formula is C23H21NO6. The summed E-state index contributed by atoms with van der Waals surface area (Å²) in [6, 6.07) is 17.1. The number of esters is 1. The molecule has 3 aromatic carbocycles. The van der Waals surface area contributed by atoms with Crippen molar-refractivity contribution in [2.45, 2.75) is 13.8 Å². The van der Waals surface area contributed by atoms with Gasteiger partial charge in [-0.2, -0.15) is 0 Å². The van der Waals surface area contributed by atoms with Crippen molar-refractivity contribution in [2.75, 3.05) is 11.9 Å². The van der Waals surface area contributed by atoms with E-state index in [0.29, 0.717) is 22.7 Å². The van der Waals surface area contributed by atoms with E-state index in [1.807, 2.05) is 31.2 Å². The van der Waals surface area contributed by atoms with Crippen molar-refractivity contribution in [3.05, 3.63) is 77.4 Å². The molecule has 0 heterocycles. The predicted molar refractivity (Wildman–Crippen MR) is 111 cm³/mol. The zero-order chi connectivity index (χ0) is 21.7. The molecule has 30 heavy (non-hydrogen) atoms. The van der Waals surface area contributed by atoms with Gasteiger partial charge in [-0.3, -0.25) is 4.79 Å². The molecule has 7 heteroatoms. The number of benzene rings is 3. The fourth-order valence-corrected chi connectivity index (χ4v) is 2.63. The lowest BCUT2D eigenvalue weighted by atomic mass is 10.1. The van der Waals surface area contributed by atoms with Gasteiger partial charge < -0.3 is 25.0 Å². The number of phenols is 2. The number of hydrogen-bond acceptors (Lipinski definition) is 6. The van der Waals surface area contributed by atoms with Gasteiger partial charge >= 0.3 is 5.97 Å². The maximum Gasteiger partial charge on any atom is 0.342 e. The van der Waals surface area contributed by atoms with Crippen molar-refractivity contribution in [3.8, 4) is 23.0 Å². The minimum absolute atomic E-state index is 0.228. The summed E-state index contributed by atoms with van der Waals surface area (Å²) in [5.41, 5.74) is 1.69. The van der Waals surface area contributed by atoms with Crippen LogP contribution in [0.3, 0.4) is 0 Å². The normalized spacial score (nSPS) is 10.3. The molecule has 0 atom stereocenters. The van der Waals surface area contributed by atoms with E-state index in [9.17, 15) is 19.8 Å². The van der Waals surface area contributed by atoms with Crippen LogP contribution >= 0.6 is 0 Å². The lowest BCUT2D eigenvalue weighted by Gasteiger charge is -2.13. The molecule has 0 saturated heterocycles. The van der Waals surface area contributed by atoms with Crippen molar-refractivity contribution in [1.29, 1.82) is 0 Å². The van der Waals surface area contributed by atoms with E-state index in [1.165, 1.54) is 12.1 Å². The molecule has 0 aliphatic carbocycles. The molecular weight excluding hydrogens is 386 g/mol. The average molecular weight is 407 g/mol. The number of rotatable bonds is 6. The molecule has 7 nitrogen and oxygen atoms in total. The molecule has 0 saturated carbocycles. The van der Waals surface area contributed by atoms with Crippen LogP contribution in [0.15, 0.2) is 60.7 Å². The van der Waals surface area contributed by atoms with Crippen LogP contribution in [0, 0.1) is 13.8 Å². The van der Waals surface area contributed by atoms with Gasteiger partial charge in [-0.15, -0.1) is 0 Å². The van der Waals surface area contributed by atoms with Crippen LogP contribution in [0.5, 0.6) is 23.0 Å². The summed E-state index contributed by atoms with van der Waals surface area (Å²) in [5.74, 6) is -1.46. The van der Waals surface area contributed by atoms with E-state index < -0.39 is 30.0 Å². The van der Waals surface area contributed by atoms with Gasteiger partial charge in [0, 0.05) is 0 Å². The smallest absolute Gasteiger partial charge is 0.342 e. The molecule has 3 N–H and O–H groups in total. The first-order chi connectivity index (χ1) is 14.3. The van der Waals surface area contributed by atoms with Crippen LogP contribution in [0.4, 0.5) is 5.69 Å². The molecule has 3 rings (SSSR count). The number of carbonyl (C=O) groups excluding carboxylic acids is 2. The predicted octanol–water partition coefficient (Wildman–Crippen LogP) is 4.30. The van der Waals surface area contributed by atoms with Crippen molar-refractivity contribution >= 4 is 17.6 Å². The molecule has 0 fully saturated rings. The summed E-state index contributed by atoms with van der Waals surface area (Å²) < 4.78 is 10.8. The minimum atomic E-state index is -0.929. The van der Waals surface area contributed by atoms with Crippen LogP contribution in [0.2, 0.25) is 0 Å². The Morgan fingerprint density at radius 1 is 0.900 bits per heavy atom. The van der Waals surface area contributed by atoms with E-state index in [1.54, 1.807) is 31.2 Å². The van der Waals surface area contributed by atoms with Crippen molar-refractivity contribution in [1.82, 2.24) is 0 Å². The lowest BCUT2D eigenvalue weighted by molar-refractivity contribution is -0.119. The summed E-state index contributed by atoms with van der Waals surface area (Å²) in [6.45, 7) is 2.97. The van der Waals surface area contributed by atoms with Gasteiger partial charge in [0.15, 0.2) is 23.9 Å². The zero-order valence-electron chi connectivity index (χ0n) is 16.5. The summed E-state index contributed by atoms with van der Waals surface area (Å²) in [7, 11) is 0. The van der Waals surface area contributed by atoms with Gasteiger partial charge in [0.25, 0.3) is 5.91 Å². The monoisotopic (exact) mass is 407 g/mol. The number of phenolic OH excluding ortho intramolecular Hbond substituents is 2. The second-order valence-corrected chi connectivity index (χ2v) is 6.66. The molecule has 0 aliphatic heterocycles. The van der Waals surface area contributed by atoms with E-state index in [-0.39, 0.29) is 5.56 Å². The maximum atomic E-state index is 12.2. The maximum absolute atomic E-state index is 12.2. The Labute approximate surface area is 173 Å². The third kappa shape index (κ3) is 4.88. The van der Waals surface area contributed by atoms with Gasteiger partial charge in [0.05, 0.1) is 5.69 Å². The fraction of sp³-hybridized carbons (Fsp3) is 0.130. The Morgan fingerprint density at radius 3 is 2.33 bits per heavy atom. The molecule has 1 amide bonds. The standard InChI is InChI=1S/C23H21NO6/c1-14-7-10-16(11-8-14)30-19-6-4-3-5-18(19)24-20(25)13-29-23(28)17-12-9-15(2)21(26)22(17)27/h3-12,26-27H,13H2,1-2H3,(H,24,25). The second-order valence-electron chi connectivity index (χ2n) is 6.66. The van der Waals surface area contributed by atoms with Crippen LogP contribution < -0.4 is 10.1 Å². The molecule has 0 bridgehead atoms. The van der Waals surface area contributed by atoms with Crippen molar-refractivity contribution < 1.29 is 29.3 Å². The average Bonchev–Trinajstić information content (AvgIpc) is 2.73. The highest BCUT2D eigenvalue weighted by molar-refractivity contribution is 5.97. The fourth-order valence-electron chi connectivity index (χ4n) is 2.63. The third-order valence-electron chi connectivity index (χ3n) is 4.32. The molecule has 154 valence electrons. The largest absolute Gasteiger partial charge is 0.504 e. The van der Waals surface area contributed by atoms with Gasteiger partial charge in [0.1, 0.15) is 11.3 Å². The van der Waals surface area contributed by atoms with E-state index in [4.69, 9.17) is 9.47 Å². The van der Waals surface area contributed by atoms with Crippen LogP contribution in [0.1, 0.15) is 21.5 Å². The number of carbonyl (C=O) groups is 2. The molecule has 0 spiro atoms. The first-order valence-corrected chi connectivity index (χ1v) is 9.17. The van der Waals surface area contributed by atoms with Crippen LogP contribution in [0.25, 0.3) is 0 Å². The van der Waals surface area contributed by atoms with Crippen molar-refractivity contribution in [3.63, 3.8) is 0 Å². The lowest BCUT2D eigenvalue weighted by Crippen LogP contribution is -2.21. The zero-order valence-corrected chi connectivity index (χ0v) is 16.5. The Balaban J connectivity index is 1.63. The Bertz CT molecular complexity index is 1080. The third-order valence-corrected chi connectivity index (χ3v) is 4.32. The number of nitrogens with one attached hydrogen (secondary N) is 1. The summed E-state index contributed by atoms with van der Waals surface area (Å²) in [5, 5.41) is 22.2. The SMILES string of the molecule is Cc1ccc(Oc2ccccc2NC(=O)COC(=O)c2ccc(C)c(O)c2O)cc1. The number of amides is 1. The van der Waals surface area contributed by atoms with Gasteiger partial charge in [0.2, 0.25) is 0 Å². The van der Waals surface area contributed by atoms with Gasteiger partial charge in [-0.25, -0.2) is 4.79 Å². The van der Waals surface area contributed by atoms with Crippen LogP contribution in [-0.4, -0.2) is 28.7 Å². The van der Waals surface area contributed by atoms with Crippen LogP contribution in [-0.2, 0) is 9.53 Å². The number of anilines is 1. The number of ether oxygens (including phenoxy) is 2. The summed E-state index contributed by atoms with van der Waals surface area (Å²) in [4.78, 5) is 24.4. The second kappa shape index (κ2) is 9.00. The molecule has 0 aromatic heterocycles. The highest BCUT2D eigenvalue weighted by Gasteiger charge is 2.18. The molecule has 0 unspecified atom stereocenters. The van der Waals surface area contributed by atoms with Crippen molar-refractivity contribution in [2.24, 2.45) is 0 Å². The van der Waals surface area contributed by atoms with E-state index in [2.05, 4.69) is 5.32 Å². The Hall–Kier alpha value is -4.00. The highest BCUT2D eigenvalue weighted by atomic mass is 16.5. The minimum Gasteiger partial charge on any atom is -0.504 e. The number of hydrogen-bond donors (Lipinski definition) is 3. The number of aryl methyl sites for hydroxylation is 2. The first kappa shape index (κ1) is 20.7. The number of para-hydroxylation sites is 2. The topological polar surface area (TPSA) is 105 Å². The number of aromatic hydroxyl groups is 2. The Kier molecular flexibility index (Phi) is 6.22. The summed E-state index contributed by atoms with van der Waals surface area (Å²) >= 11 is 0. The highest BCUT2D eigenvalue weighted by Crippen LogP contribution is 2.32. The van der Waals surface area contributed by atoms with Gasteiger partial charge in [-0.1, -0.05) is 35.9 Å². The Morgan fingerprint density at radius 2 is 1.60 bits per heavy atom. The molecule has 3 aromatic rings. The summed E-state index contributed by atoms with van der Waals surface area (Å²) in [6.07, 6.45) is 0. The first-order valence-electron chi connectivity index (χ1n) is 9.17. The molecule has 0 aliphatic rings. The van der Waals surface area contributed by atoms with Gasteiger partial charge in [-0.05, 0) is 49.7 Å². The van der Waals surface area contributed by atoms with E-state index in [0.717, 1.165) is 5.56 Å².